The van der Waals surface area contributed by atoms with Crippen LogP contribution < -0.4 is 0 Å². The van der Waals surface area contributed by atoms with Crippen LogP contribution in [0, 0.1) is 34.5 Å². The molecule has 5 nitrogen and oxygen atoms in total. The third-order valence-electron chi connectivity index (χ3n) is 8.68. The number of carboxylic acids is 1. The summed E-state index contributed by atoms with van der Waals surface area (Å²) in [4.78, 5) is 25.2. The maximum Gasteiger partial charge on any atom is 0.316 e. The fraction of sp³-hybridized carbons (Fsp3) is 0.800. The number of rotatable bonds is 2. The van der Waals surface area contributed by atoms with Crippen molar-refractivity contribution in [3.8, 4) is 0 Å². The first-order chi connectivity index (χ1) is 11.7. The molecule has 0 amide bonds. The number of carbonyl (C=O) groups is 2. The van der Waals surface area contributed by atoms with Gasteiger partial charge in [-0.2, -0.15) is 0 Å². The molecule has 2 N–H and O–H groups in total. The van der Waals surface area contributed by atoms with Crippen LogP contribution in [0.3, 0.4) is 0 Å². The third-order valence-corrected chi connectivity index (χ3v) is 8.68. The van der Waals surface area contributed by atoms with E-state index < -0.39 is 33.9 Å². The number of hydrogen-bond donors (Lipinski definition) is 2. The molecule has 1 aliphatic heterocycles. The second kappa shape index (κ2) is 4.30. The van der Waals surface area contributed by atoms with Gasteiger partial charge >= 0.3 is 11.9 Å². The van der Waals surface area contributed by atoms with E-state index in [9.17, 15) is 19.8 Å². The molecule has 4 aliphatic carbocycles. The van der Waals surface area contributed by atoms with Gasteiger partial charge in [-0.25, -0.2) is 0 Å². The topological polar surface area (TPSA) is 83.8 Å². The molecule has 5 rings (SSSR count). The van der Waals surface area contributed by atoms with Gasteiger partial charge in [0.15, 0.2) is 0 Å². The van der Waals surface area contributed by atoms with Gasteiger partial charge in [0.1, 0.15) is 5.60 Å². The molecular formula is C20H26O5. The SMILES string of the molecule is CC[C@@H]1C[C@]23C[C@@]1(O)CC[C@H]2[C@@]12CC=C[C@](C)(C(=O)O1)[C@H]2[C@@H]3C(=O)O. The van der Waals surface area contributed by atoms with E-state index in [1.54, 1.807) is 0 Å². The van der Waals surface area contributed by atoms with Crippen LogP contribution in [-0.4, -0.2) is 33.4 Å². The van der Waals surface area contributed by atoms with Gasteiger partial charge in [-0.05, 0) is 43.9 Å². The van der Waals surface area contributed by atoms with Gasteiger partial charge in [-0.1, -0.05) is 25.5 Å². The molecule has 136 valence electrons. The van der Waals surface area contributed by atoms with Crippen molar-refractivity contribution in [1.82, 2.24) is 0 Å². The molecule has 5 aliphatic rings. The average Bonchev–Trinajstić information content (AvgIpc) is 2.96. The van der Waals surface area contributed by atoms with Crippen LogP contribution in [0.25, 0.3) is 0 Å². The van der Waals surface area contributed by atoms with Gasteiger partial charge in [0, 0.05) is 18.3 Å². The van der Waals surface area contributed by atoms with E-state index in [2.05, 4.69) is 6.92 Å². The number of aliphatic hydroxyl groups is 1. The molecule has 0 unspecified atom stereocenters. The zero-order valence-corrected chi connectivity index (χ0v) is 14.8. The molecule has 4 fully saturated rings. The first-order valence-corrected chi connectivity index (χ1v) is 9.60. The highest BCUT2D eigenvalue weighted by Gasteiger charge is 2.82. The second-order valence-corrected chi connectivity index (χ2v) is 9.44. The van der Waals surface area contributed by atoms with Crippen molar-refractivity contribution >= 4 is 11.9 Å². The summed E-state index contributed by atoms with van der Waals surface area (Å²) in [5, 5.41) is 21.5. The van der Waals surface area contributed by atoms with Crippen LogP contribution in [0.4, 0.5) is 0 Å². The van der Waals surface area contributed by atoms with Gasteiger partial charge in [-0.15, -0.1) is 0 Å². The minimum absolute atomic E-state index is 0.0404. The van der Waals surface area contributed by atoms with Gasteiger partial charge in [0.05, 0.1) is 16.9 Å². The summed E-state index contributed by atoms with van der Waals surface area (Å²) in [6, 6.07) is 0. The molecule has 5 heteroatoms. The summed E-state index contributed by atoms with van der Waals surface area (Å²) in [7, 11) is 0. The lowest BCUT2D eigenvalue weighted by Gasteiger charge is -2.45. The first-order valence-electron chi connectivity index (χ1n) is 9.60. The van der Waals surface area contributed by atoms with E-state index in [4.69, 9.17) is 4.74 Å². The number of fused-ring (bicyclic) bond motifs is 1. The number of aliphatic carboxylic acids is 1. The predicted molar refractivity (Wildman–Crippen MR) is 88.4 cm³/mol. The van der Waals surface area contributed by atoms with E-state index >= 15 is 0 Å². The standard InChI is InChI=1S/C20H26O5/c1-3-11-9-18-10-19(11,24)8-5-12(18)20-7-4-6-17(2,16(23)25-20)14(20)13(18)15(21)22/h4,6,11-14,24H,3,5,7-10H2,1-2H3,(H,21,22)/t11-,12-,13-,14-,17+,18+,19+,20-/m1/s1. The summed E-state index contributed by atoms with van der Waals surface area (Å²) >= 11 is 0. The molecule has 0 aromatic heterocycles. The van der Waals surface area contributed by atoms with Crippen LogP contribution in [0.5, 0.6) is 0 Å². The molecule has 3 saturated carbocycles. The van der Waals surface area contributed by atoms with E-state index in [0.29, 0.717) is 19.3 Å². The normalized spacial score (nSPS) is 58.0. The highest BCUT2D eigenvalue weighted by atomic mass is 16.6. The molecule has 1 saturated heterocycles. The average molecular weight is 346 g/mol. The highest BCUT2D eigenvalue weighted by molar-refractivity contribution is 5.86. The van der Waals surface area contributed by atoms with Crippen molar-refractivity contribution in [2.45, 2.75) is 63.6 Å². The Kier molecular flexibility index (Phi) is 2.73. The van der Waals surface area contributed by atoms with Gasteiger partial charge in [0.25, 0.3) is 0 Å². The fourth-order valence-corrected chi connectivity index (χ4v) is 7.97. The maximum atomic E-state index is 12.7. The Labute approximate surface area is 147 Å². The Morgan fingerprint density at radius 2 is 2.20 bits per heavy atom. The molecule has 8 atom stereocenters. The fourth-order valence-electron chi connectivity index (χ4n) is 7.97. The summed E-state index contributed by atoms with van der Waals surface area (Å²) < 4.78 is 6.05. The summed E-state index contributed by atoms with van der Waals surface area (Å²) in [6.07, 6.45) is 8.12. The van der Waals surface area contributed by atoms with Crippen molar-refractivity contribution in [1.29, 1.82) is 0 Å². The van der Waals surface area contributed by atoms with Crippen molar-refractivity contribution in [3.05, 3.63) is 12.2 Å². The quantitative estimate of drug-likeness (QED) is 0.593. The van der Waals surface area contributed by atoms with Crippen LogP contribution in [0.15, 0.2) is 12.2 Å². The largest absolute Gasteiger partial charge is 0.481 e. The number of ether oxygens (including phenoxy) is 1. The lowest BCUT2D eigenvalue weighted by Crippen LogP contribution is -2.47. The van der Waals surface area contributed by atoms with E-state index in [1.807, 2.05) is 19.1 Å². The first kappa shape index (κ1) is 15.9. The second-order valence-electron chi connectivity index (χ2n) is 9.44. The lowest BCUT2D eigenvalue weighted by atomic mass is 9.62. The summed E-state index contributed by atoms with van der Waals surface area (Å²) in [6.45, 7) is 3.93. The zero-order valence-electron chi connectivity index (χ0n) is 14.8. The van der Waals surface area contributed by atoms with Gasteiger partial charge in [-0.3, -0.25) is 9.59 Å². The minimum atomic E-state index is -0.851. The van der Waals surface area contributed by atoms with Crippen LogP contribution in [0.1, 0.15) is 52.4 Å². The summed E-state index contributed by atoms with van der Waals surface area (Å²) in [5.74, 6) is -1.85. The maximum absolute atomic E-state index is 12.7. The molecule has 1 heterocycles. The van der Waals surface area contributed by atoms with E-state index in [-0.39, 0.29) is 23.7 Å². The molecule has 1 spiro atoms. The van der Waals surface area contributed by atoms with Crippen LogP contribution in [0.2, 0.25) is 0 Å². The molecule has 0 aromatic rings. The predicted octanol–water partition coefficient (Wildman–Crippen LogP) is 2.53. The number of esters is 1. The molecule has 0 radical (unpaired) electrons. The van der Waals surface area contributed by atoms with Gasteiger partial charge in [0.2, 0.25) is 0 Å². The van der Waals surface area contributed by atoms with Crippen molar-refractivity contribution in [3.63, 3.8) is 0 Å². The Morgan fingerprint density at radius 3 is 2.88 bits per heavy atom. The molecular weight excluding hydrogens is 320 g/mol. The van der Waals surface area contributed by atoms with Crippen LogP contribution in [-0.2, 0) is 14.3 Å². The monoisotopic (exact) mass is 346 g/mol. The molecule has 0 aromatic carbocycles. The Hall–Kier alpha value is -1.36. The highest BCUT2D eigenvalue weighted by Crippen LogP contribution is 2.77. The van der Waals surface area contributed by atoms with Crippen LogP contribution >= 0.6 is 0 Å². The Morgan fingerprint density at radius 1 is 1.44 bits per heavy atom. The lowest BCUT2D eigenvalue weighted by molar-refractivity contribution is -0.162. The zero-order chi connectivity index (χ0) is 17.8. The Balaban J connectivity index is 1.73. The number of hydrogen-bond acceptors (Lipinski definition) is 4. The Bertz CT molecular complexity index is 715. The van der Waals surface area contributed by atoms with E-state index in [1.165, 1.54) is 0 Å². The summed E-state index contributed by atoms with van der Waals surface area (Å²) in [5.41, 5.74) is -2.73. The number of carboxylic acid groups (broad SMARTS) is 1. The van der Waals surface area contributed by atoms with Crippen molar-refractivity contribution in [2.75, 3.05) is 0 Å². The van der Waals surface area contributed by atoms with Crippen molar-refractivity contribution in [2.24, 2.45) is 34.5 Å². The van der Waals surface area contributed by atoms with Crippen molar-refractivity contribution < 1.29 is 24.5 Å². The van der Waals surface area contributed by atoms with Gasteiger partial charge < -0.3 is 14.9 Å². The van der Waals surface area contributed by atoms with E-state index in [0.717, 1.165) is 19.3 Å². The third kappa shape index (κ3) is 1.48. The minimum Gasteiger partial charge on any atom is -0.481 e. The molecule has 4 bridgehead atoms. The molecule has 25 heavy (non-hydrogen) atoms. The number of carbonyl (C=O) groups excluding carboxylic acids is 1. The smallest absolute Gasteiger partial charge is 0.316 e.